The van der Waals surface area contributed by atoms with Crippen molar-refractivity contribution in [2.75, 3.05) is 33.4 Å². The van der Waals surface area contributed by atoms with Crippen LogP contribution in [0.5, 0.6) is 0 Å². The molecule has 2 aromatic rings. The minimum absolute atomic E-state index is 0.132. The fourth-order valence-electron chi connectivity index (χ4n) is 3.88. The number of ether oxygens (including phenoxy) is 2. The Morgan fingerprint density at radius 3 is 3.00 bits per heavy atom. The molecule has 3 heterocycles. The van der Waals surface area contributed by atoms with E-state index in [1.54, 1.807) is 17.6 Å². The van der Waals surface area contributed by atoms with Crippen LogP contribution in [0.25, 0.3) is 0 Å². The van der Waals surface area contributed by atoms with Crippen molar-refractivity contribution in [3.8, 4) is 0 Å². The van der Waals surface area contributed by atoms with E-state index in [1.165, 1.54) is 36.7 Å². The van der Waals surface area contributed by atoms with Gasteiger partial charge in [-0.15, -0.1) is 11.3 Å². The third kappa shape index (κ3) is 5.76. The number of aliphatic imine (C=N–C) groups is 1. The van der Waals surface area contributed by atoms with E-state index >= 15 is 0 Å². The summed E-state index contributed by atoms with van der Waals surface area (Å²) < 4.78 is 25.0. The smallest absolute Gasteiger partial charge is 0.338 e. The molecule has 0 spiro atoms. The normalized spacial score (nSPS) is 21.1. The lowest BCUT2D eigenvalue weighted by molar-refractivity contribution is -0.136. The second kappa shape index (κ2) is 11.1. The van der Waals surface area contributed by atoms with Crippen LogP contribution in [-0.2, 0) is 19.1 Å². The summed E-state index contributed by atoms with van der Waals surface area (Å²) in [6.07, 6.45) is 3.73. The molecule has 0 radical (unpaired) electrons. The maximum atomic E-state index is 14.3. The highest BCUT2D eigenvalue weighted by Crippen LogP contribution is 2.37. The molecule has 2 atom stereocenters. The SMILES string of the molecule is COC(=O)C1=C(CN2CCOC(/C=C/C(=O)O)C2)NC(c2nccs2)=N[C@H]1c1cccc(F)c1Cl. The summed E-state index contributed by atoms with van der Waals surface area (Å²) in [6.45, 7) is 1.60. The Labute approximate surface area is 209 Å². The molecule has 1 unspecified atom stereocenters. The summed E-state index contributed by atoms with van der Waals surface area (Å²) >= 11 is 7.66. The predicted octanol–water partition coefficient (Wildman–Crippen LogP) is 2.80. The van der Waals surface area contributed by atoms with Crippen molar-refractivity contribution in [3.63, 3.8) is 0 Å². The number of methoxy groups -OCH3 is 1. The molecule has 9 nitrogen and oxygen atoms in total. The van der Waals surface area contributed by atoms with Crippen LogP contribution in [0.1, 0.15) is 16.6 Å². The number of nitrogens with zero attached hydrogens (tertiary/aromatic N) is 3. The summed E-state index contributed by atoms with van der Waals surface area (Å²) in [5.41, 5.74) is 1.03. The van der Waals surface area contributed by atoms with E-state index < -0.39 is 29.9 Å². The molecule has 184 valence electrons. The molecule has 1 saturated heterocycles. The van der Waals surface area contributed by atoms with Gasteiger partial charge in [-0.25, -0.2) is 19.0 Å². The van der Waals surface area contributed by atoms with Gasteiger partial charge in [0.1, 0.15) is 11.9 Å². The molecule has 12 heteroatoms. The van der Waals surface area contributed by atoms with E-state index in [0.717, 1.165) is 6.08 Å². The number of aliphatic carboxylic acids is 1. The highest BCUT2D eigenvalue weighted by atomic mass is 35.5. The number of hydrogen-bond acceptors (Lipinski definition) is 9. The number of nitrogens with one attached hydrogen (secondary N) is 1. The van der Waals surface area contributed by atoms with Gasteiger partial charge < -0.3 is 19.9 Å². The minimum Gasteiger partial charge on any atom is -0.478 e. The number of benzene rings is 1. The number of morpholine rings is 1. The Hall–Kier alpha value is -3.12. The van der Waals surface area contributed by atoms with Crippen LogP contribution in [0.4, 0.5) is 4.39 Å². The molecule has 0 aliphatic carbocycles. The van der Waals surface area contributed by atoms with Crippen LogP contribution in [0.15, 0.2) is 58.2 Å². The molecule has 2 N–H and O–H groups in total. The van der Waals surface area contributed by atoms with Crippen LogP contribution in [0.2, 0.25) is 5.02 Å². The van der Waals surface area contributed by atoms with E-state index in [0.29, 0.717) is 41.8 Å². The standard InChI is InChI=1S/C23H22ClFN4O5S/c1-33-23(32)18-16(12-29-8-9-34-13(11-29)5-6-17(30)31)27-21(22-26-7-10-35-22)28-20(18)14-3-2-4-15(25)19(14)24/h2-7,10,13,20H,8-9,11-12H2,1H3,(H,27,28)(H,30,31)/b6-5+/t13?,20-/m0/s1. The van der Waals surface area contributed by atoms with Gasteiger partial charge in [0.05, 0.1) is 30.4 Å². The lowest BCUT2D eigenvalue weighted by Gasteiger charge is -2.34. The molecule has 0 amide bonds. The zero-order valence-corrected chi connectivity index (χ0v) is 20.2. The van der Waals surface area contributed by atoms with Crippen molar-refractivity contribution in [2.24, 2.45) is 4.99 Å². The van der Waals surface area contributed by atoms with Crippen molar-refractivity contribution in [1.82, 2.24) is 15.2 Å². The lowest BCUT2D eigenvalue weighted by Crippen LogP contribution is -2.46. The van der Waals surface area contributed by atoms with Crippen molar-refractivity contribution in [2.45, 2.75) is 12.1 Å². The molecule has 0 bridgehead atoms. The molecular weight excluding hydrogens is 499 g/mol. The van der Waals surface area contributed by atoms with Gasteiger partial charge in [-0.2, -0.15) is 0 Å². The number of carbonyl (C=O) groups is 2. The average Bonchev–Trinajstić information content (AvgIpc) is 3.39. The number of carbonyl (C=O) groups excluding carboxylic acids is 1. The predicted molar refractivity (Wildman–Crippen MR) is 128 cm³/mol. The number of amidine groups is 1. The van der Waals surface area contributed by atoms with Crippen molar-refractivity contribution < 1.29 is 28.6 Å². The van der Waals surface area contributed by atoms with Crippen LogP contribution in [0, 0.1) is 5.82 Å². The summed E-state index contributed by atoms with van der Waals surface area (Å²) in [6, 6.07) is 3.43. The van der Waals surface area contributed by atoms with Crippen LogP contribution in [-0.4, -0.2) is 72.2 Å². The van der Waals surface area contributed by atoms with E-state index in [4.69, 9.17) is 26.2 Å². The summed E-state index contributed by atoms with van der Waals surface area (Å²) in [5.74, 6) is -1.89. The molecular formula is C23H22ClFN4O5S. The summed E-state index contributed by atoms with van der Waals surface area (Å²) in [7, 11) is 1.26. The fraction of sp³-hybridized carbons (Fsp3) is 0.304. The number of aromatic nitrogens is 1. The number of esters is 1. The van der Waals surface area contributed by atoms with Gasteiger partial charge in [0.15, 0.2) is 10.8 Å². The topological polar surface area (TPSA) is 113 Å². The molecule has 1 fully saturated rings. The van der Waals surface area contributed by atoms with Crippen LogP contribution < -0.4 is 5.32 Å². The first-order chi connectivity index (χ1) is 16.9. The number of halogens is 2. The zero-order valence-electron chi connectivity index (χ0n) is 18.6. The Kier molecular flexibility index (Phi) is 7.91. The van der Waals surface area contributed by atoms with Gasteiger partial charge in [-0.3, -0.25) is 9.89 Å². The third-order valence-corrected chi connectivity index (χ3v) is 6.63. The monoisotopic (exact) mass is 520 g/mol. The quantitative estimate of drug-likeness (QED) is 0.423. The zero-order chi connectivity index (χ0) is 24.9. The number of hydrogen-bond donors (Lipinski definition) is 2. The van der Waals surface area contributed by atoms with Gasteiger partial charge in [0, 0.05) is 48.5 Å². The summed E-state index contributed by atoms with van der Waals surface area (Å²) in [4.78, 5) is 34.9. The lowest BCUT2D eigenvalue weighted by atomic mass is 9.95. The molecule has 2 aliphatic rings. The first-order valence-corrected chi connectivity index (χ1v) is 11.9. The second-order valence-corrected chi connectivity index (χ2v) is 8.98. The van der Waals surface area contributed by atoms with E-state index in [2.05, 4.69) is 15.3 Å². The fourth-order valence-corrected chi connectivity index (χ4v) is 4.70. The Balaban J connectivity index is 1.74. The molecule has 0 saturated carbocycles. The van der Waals surface area contributed by atoms with Crippen LogP contribution >= 0.6 is 22.9 Å². The Morgan fingerprint density at radius 2 is 2.29 bits per heavy atom. The second-order valence-electron chi connectivity index (χ2n) is 7.71. The van der Waals surface area contributed by atoms with Crippen molar-refractivity contribution >= 4 is 40.7 Å². The maximum absolute atomic E-state index is 14.3. The van der Waals surface area contributed by atoms with E-state index in [9.17, 15) is 14.0 Å². The Bertz CT molecular complexity index is 1200. The number of carboxylic acids is 1. The largest absolute Gasteiger partial charge is 0.478 e. The molecule has 1 aromatic heterocycles. The molecule has 2 aliphatic heterocycles. The highest BCUT2D eigenvalue weighted by molar-refractivity contribution is 7.11. The van der Waals surface area contributed by atoms with Crippen LogP contribution in [0.3, 0.4) is 0 Å². The van der Waals surface area contributed by atoms with Crippen molar-refractivity contribution in [1.29, 1.82) is 0 Å². The van der Waals surface area contributed by atoms with Gasteiger partial charge in [0.2, 0.25) is 0 Å². The third-order valence-electron chi connectivity index (χ3n) is 5.46. The Morgan fingerprint density at radius 1 is 1.46 bits per heavy atom. The summed E-state index contributed by atoms with van der Waals surface area (Å²) in [5, 5.41) is 14.4. The van der Waals surface area contributed by atoms with E-state index in [1.807, 2.05) is 4.90 Å². The van der Waals surface area contributed by atoms with Gasteiger partial charge in [-0.1, -0.05) is 23.7 Å². The van der Waals surface area contributed by atoms with Gasteiger partial charge >= 0.3 is 11.9 Å². The average molecular weight is 521 g/mol. The first kappa shape index (κ1) is 25.0. The number of rotatable bonds is 7. The number of thiazole rings is 1. The highest BCUT2D eigenvalue weighted by Gasteiger charge is 2.35. The maximum Gasteiger partial charge on any atom is 0.338 e. The number of carboxylic acid groups (broad SMARTS) is 1. The van der Waals surface area contributed by atoms with Gasteiger partial charge in [-0.05, 0) is 12.1 Å². The molecule has 1 aromatic carbocycles. The van der Waals surface area contributed by atoms with E-state index in [-0.39, 0.29) is 17.1 Å². The first-order valence-electron chi connectivity index (χ1n) is 10.6. The minimum atomic E-state index is -1.06. The molecule has 4 rings (SSSR count). The van der Waals surface area contributed by atoms with Gasteiger partial charge in [0.25, 0.3) is 0 Å². The molecule has 35 heavy (non-hydrogen) atoms. The van der Waals surface area contributed by atoms with Crippen molar-refractivity contribution in [3.05, 3.63) is 74.6 Å².